The topological polar surface area (TPSA) is 72.8 Å². The zero-order valence-electron chi connectivity index (χ0n) is 42.0. The molecule has 0 fully saturated rings. The number of unbranched alkanes of at least 4 members (excludes halogenated alkanes) is 27. The Morgan fingerprint density at radius 2 is 0.625 bits per heavy atom. The van der Waals surface area contributed by atoms with Crippen LogP contribution < -0.4 is 0 Å². The van der Waals surface area contributed by atoms with Crippen LogP contribution in [0.1, 0.15) is 258 Å². The number of ether oxygens (including phenoxy) is 2. The van der Waals surface area contributed by atoms with Crippen molar-refractivity contribution in [1.82, 2.24) is 0 Å². The molecule has 5 heteroatoms. The number of hydrogen-bond donors (Lipinski definition) is 1. The van der Waals surface area contributed by atoms with Crippen molar-refractivity contribution in [3.8, 4) is 0 Å². The normalized spacial score (nSPS) is 12.9. The highest BCUT2D eigenvalue weighted by molar-refractivity contribution is 5.70. The lowest BCUT2D eigenvalue weighted by molar-refractivity contribution is -0.161. The van der Waals surface area contributed by atoms with Crippen LogP contribution in [0.4, 0.5) is 0 Å². The van der Waals surface area contributed by atoms with E-state index in [0.717, 1.165) is 89.9 Å². The van der Waals surface area contributed by atoms with Crippen molar-refractivity contribution in [2.24, 2.45) is 0 Å². The molecule has 0 saturated heterocycles. The molecule has 0 aliphatic heterocycles. The standard InChI is InChI=1S/C59H102O5/c1-3-5-7-9-11-13-15-17-19-21-22-23-24-25-26-27-28-29-30-31-32-33-34-35-36-38-40-42-44-46-48-50-52-54-59(62)64-57(55-60)56-63-58(61)53-51-49-47-45-43-41-39-37-20-18-16-14-12-10-8-6-4-2/h5-8,11-14,17-20,22-23,57,60H,3-4,9-10,15-16,21,24-56H2,1-2H3/b7-5-,8-6-,13-11-,14-12-,19-17-,20-18-,23-22-. The summed E-state index contributed by atoms with van der Waals surface area (Å²) in [5, 5.41) is 9.63. The summed E-state index contributed by atoms with van der Waals surface area (Å²) < 4.78 is 10.7. The molecule has 1 unspecified atom stereocenters. The molecule has 0 aromatic rings. The average molecular weight is 891 g/mol. The van der Waals surface area contributed by atoms with Crippen molar-refractivity contribution in [2.75, 3.05) is 13.2 Å². The summed E-state index contributed by atoms with van der Waals surface area (Å²) in [7, 11) is 0. The summed E-state index contributed by atoms with van der Waals surface area (Å²) in [6.07, 6.45) is 75.6. The van der Waals surface area contributed by atoms with Crippen LogP contribution in [0.25, 0.3) is 0 Å². The Bertz CT molecular complexity index is 1190. The van der Waals surface area contributed by atoms with Crippen LogP contribution in [0.15, 0.2) is 85.1 Å². The largest absolute Gasteiger partial charge is 0.462 e. The monoisotopic (exact) mass is 891 g/mol. The molecule has 0 radical (unpaired) electrons. The first-order valence-corrected chi connectivity index (χ1v) is 27.1. The maximum Gasteiger partial charge on any atom is 0.306 e. The SMILES string of the molecule is CC/C=C\C/C=C\C/C=C\C/C=C\CCCCCCCCCCCCCCCCCCCCCCC(=O)OC(CO)COC(=O)CCCCCCCCC/C=C\C/C=C\C/C=C\CC. The Kier molecular flexibility index (Phi) is 51.9. The van der Waals surface area contributed by atoms with Gasteiger partial charge in [-0.25, -0.2) is 0 Å². The molecule has 1 atom stereocenters. The maximum absolute atomic E-state index is 12.3. The molecule has 368 valence electrons. The first-order valence-electron chi connectivity index (χ1n) is 27.1. The van der Waals surface area contributed by atoms with Gasteiger partial charge in [-0.3, -0.25) is 9.59 Å². The molecule has 0 amide bonds. The molecule has 64 heavy (non-hydrogen) atoms. The van der Waals surface area contributed by atoms with Gasteiger partial charge in [-0.1, -0.05) is 247 Å². The van der Waals surface area contributed by atoms with Gasteiger partial charge >= 0.3 is 11.9 Å². The van der Waals surface area contributed by atoms with Gasteiger partial charge < -0.3 is 14.6 Å². The van der Waals surface area contributed by atoms with Crippen molar-refractivity contribution in [3.05, 3.63) is 85.1 Å². The van der Waals surface area contributed by atoms with Gasteiger partial charge in [-0.15, -0.1) is 0 Å². The van der Waals surface area contributed by atoms with E-state index in [9.17, 15) is 14.7 Å². The zero-order chi connectivity index (χ0) is 46.3. The number of aliphatic hydroxyl groups excluding tert-OH is 1. The fourth-order valence-corrected chi connectivity index (χ4v) is 7.68. The van der Waals surface area contributed by atoms with E-state index in [1.165, 1.54) is 141 Å². The van der Waals surface area contributed by atoms with Crippen LogP contribution in [0.5, 0.6) is 0 Å². The predicted molar refractivity (Wildman–Crippen MR) is 279 cm³/mol. The molecular formula is C59H102O5. The third-order valence-corrected chi connectivity index (χ3v) is 11.7. The Labute approximate surface area is 396 Å². The molecule has 0 saturated carbocycles. The van der Waals surface area contributed by atoms with E-state index in [4.69, 9.17) is 9.47 Å². The molecule has 0 aromatic heterocycles. The van der Waals surface area contributed by atoms with Gasteiger partial charge in [0.25, 0.3) is 0 Å². The quantitative estimate of drug-likeness (QED) is 0.0374. The van der Waals surface area contributed by atoms with Crippen molar-refractivity contribution in [2.45, 2.75) is 264 Å². The van der Waals surface area contributed by atoms with E-state index in [-0.39, 0.29) is 25.2 Å². The lowest BCUT2D eigenvalue weighted by atomic mass is 10.0. The summed E-state index contributed by atoms with van der Waals surface area (Å²) in [4.78, 5) is 24.5. The van der Waals surface area contributed by atoms with Crippen molar-refractivity contribution in [3.63, 3.8) is 0 Å². The lowest BCUT2D eigenvalue weighted by Gasteiger charge is -2.15. The highest BCUT2D eigenvalue weighted by atomic mass is 16.6. The van der Waals surface area contributed by atoms with Crippen molar-refractivity contribution >= 4 is 11.9 Å². The Balaban J connectivity index is 3.45. The highest BCUT2D eigenvalue weighted by Crippen LogP contribution is 2.16. The lowest BCUT2D eigenvalue weighted by Crippen LogP contribution is -2.28. The molecule has 0 rings (SSSR count). The molecule has 0 bridgehead atoms. The van der Waals surface area contributed by atoms with Gasteiger partial charge in [-0.05, 0) is 83.5 Å². The van der Waals surface area contributed by atoms with Crippen LogP contribution in [0.2, 0.25) is 0 Å². The van der Waals surface area contributed by atoms with E-state index < -0.39 is 6.10 Å². The van der Waals surface area contributed by atoms with E-state index in [1.54, 1.807) is 0 Å². The molecular weight excluding hydrogens is 789 g/mol. The predicted octanol–water partition coefficient (Wildman–Crippen LogP) is 18.2. The van der Waals surface area contributed by atoms with Gasteiger partial charge in [0.15, 0.2) is 6.10 Å². The summed E-state index contributed by atoms with van der Waals surface area (Å²) in [5.41, 5.74) is 0. The van der Waals surface area contributed by atoms with Gasteiger partial charge in [0.2, 0.25) is 0 Å². The van der Waals surface area contributed by atoms with E-state index in [1.807, 2.05) is 0 Å². The number of allylic oxidation sites excluding steroid dienone is 14. The number of hydrogen-bond acceptors (Lipinski definition) is 5. The summed E-state index contributed by atoms with van der Waals surface area (Å²) in [6.45, 7) is 3.92. The first kappa shape index (κ1) is 61.1. The van der Waals surface area contributed by atoms with E-state index in [0.29, 0.717) is 12.8 Å². The second kappa shape index (κ2) is 54.4. The first-order chi connectivity index (χ1) is 31.6. The summed E-state index contributed by atoms with van der Waals surface area (Å²) in [5.74, 6) is -0.596. The fourth-order valence-electron chi connectivity index (χ4n) is 7.68. The molecule has 0 spiro atoms. The van der Waals surface area contributed by atoms with Crippen molar-refractivity contribution < 1.29 is 24.2 Å². The molecule has 1 N–H and O–H groups in total. The fraction of sp³-hybridized carbons (Fsp3) is 0.729. The third kappa shape index (κ3) is 51.7. The minimum Gasteiger partial charge on any atom is -0.462 e. The number of rotatable bonds is 49. The van der Waals surface area contributed by atoms with Crippen LogP contribution in [-0.2, 0) is 19.1 Å². The summed E-state index contributed by atoms with van der Waals surface area (Å²) >= 11 is 0. The van der Waals surface area contributed by atoms with Gasteiger partial charge in [0.05, 0.1) is 6.61 Å². The highest BCUT2D eigenvalue weighted by Gasteiger charge is 2.16. The van der Waals surface area contributed by atoms with Crippen LogP contribution in [0.3, 0.4) is 0 Å². The summed E-state index contributed by atoms with van der Waals surface area (Å²) in [6, 6.07) is 0. The van der Waals surface area contributed by atoms with Crippen LogP contribution in [-0.4, -0.2) is 36.4 Å². The zero-order valence-corrected chi connectivity index (χ0v) is 42.0. The van der Waals surface area contributed by atoms with E-state index >= 15 is 0 Å². The minimum absolute atomic E-state index is 0.0717. The molecule has 0 aliphatic carbocycles. The van der Waals surface area contributed by atoms with Gasteiger partial charge in [-0.2, -0.15) is 0 Å². The number of esters is 2. The molecule has 0 heterocycles. The third-order valence-electron chi connectivity index (χ3n) is 11.7. The molecule has 0 aliphatic rings. The second-order valence-corrected chi connectivity index (χ2v) is 17.9. The second-order valence-electron chi connectivity index (χ2n) is 17.9. The number of carbonyl (C=O) groups excluding carboxylic acids is 2. The van der Waals surface area contributed by atoms with Crippen molar-refractivity contribution in [1.29, 1.82) is 0 Å². The molecule has 0 aromatic carbocycles. The van der Waals surface area contributed by atoms with Crippen LogP contribution in [0, 0.1) is 0 Å². The number of carbonyl (C=O) groups is 2. The Morgan fingerprint density at radius 3 is 0.938 bits per heavy atom. The minimum atomic E-state index is -0.778. The maximum atomic E-state index is 12.3. The van der Waals surface area contributed by atoms with Gasteiger partial charge in [0, 0.05) is 12.8 Å². The smallest absolute Gasteiger partial charge is 0.306 e. The van der Waals surface area contributed by atoms with Crippen LogP contribution >= 0.6 is 0 Å². The Morgan fingerprint density at radius 1 is 0.359 bits per heavy atom. The Hall–Kier alpha value is -2.92. The van der Waals surface area contributed by atoms with E-state index in [2.05, 4.69) is 98.9 Å². The number of aliphatic hydroxyl groups is 1. The average Bonchev–Trinajstić information content (AvgIpc) is 3.30. The van der Waals surface area contributed by atoms with Gasteiger partial charge in [0.1, 0.15) is 6.61 Å². The molecule has 5 nitrogen and oxygen atoms in total.